The molecule has 28 heavy (non-hydrogen) atoms. The quantitative estimate of drug-likeness (QED) is 0.631. The van der Waals surface area contributed by atoms with Crippen molar-refractivity contribution in [2.24, 2.45) is 0 Å². The maximum atomic E-state index is 12.7. The number of nitrogens with one attached hydrogen (secondary N) is 3. The molecule has 2 heterocycles. The molecule has 2 aliphatic rings. The summed E-state index contributed by atoms with van der Waals surface area (Å²) in [6.07, 6.45) is 0.663. The number of benzene rings is 1. The monoisotopic (exact) mass is 408 g/mol. The van der Waals surface area contributed by atoms with Gasteiger partial charge in [-0.25, -0.2) is 17.9 Å². The number of carbonyl (C=O) groups excluding carboxylic acids is 3. The molecule has 3 N–H and O–H groups in total. The van der Waals surface area contributed by atoms with E-state index < -0.39 is 27.1 Å². The zero-order chi connectivity index (χ0) is 20.7. The third-order valence-corrected chi connectivity index (χ3v) is 6.54. The molecule has 152 valence electrons. The lowest BCUT2D eigenvalue weighted by Crippen LogP contribution is -2.55. The van der Waals surface area contributed by atoms with Crippen LogP contribution in [0.4, 0.5) is 4.79 Å². The highest BCUT2D eigenvalue weighted by atomic mass is 32.2. The van der Waals surface area contributed by atoms with Crippen molar-refractivity contribution in [3.63, 3.8) is 0 Å². The van der Waals surface area contributed by atoms with Crippen LogP contribution >= 0.6 is 0 Å². The molecule has 0 saturated carbocycles. The smallest absolute Gasteiger partial charge is 0.322 e. The number of hydrogen-bond donors (Lipinski definition) is 3. The number of carbonyl (C=O) groups is 3. The van der Waals surface area contributed by atoms with E-state index in [4.69, 9.17) is 0 Å². The number of hydrogen-bond acceptors (Lipinski definition) is 5. The van der Waals surface area contributed by atoms with Gasteiger partial charge in [0.2, 0.25) is 10.0 Å². The Morgan fingerprint density at radius 3 is 2.14 bits per heavy atom. The molecule has 9 nitrogen and oxygen atoms in total. The van der Waals surface area contributed by atoms with Crippen molar-refractivity contribution in [1.82, 2.24) is 20.3 Å². The van der Waals surface area contributed by atoms with Gasteiger partial charge in [0.25, 0.3) is 11.8 Å². The second-order valence-corrected chi connectivity index (χ2v) is 9.84. The number of imide groups is 1. The molecule has 1 aromatic rings. The van der Waals surface area contributed by atoms with E-state index in [1.54, 1.807) is 25.7 Å². The Kier molecular flexibility index (Phi) is 4.96. The summed E-state index contributed by atoms with van der Waals surface area (Å²) in [4.78, 5) is 37.8. The van der Waals surface area contributed by atoms with E-state index in [1.807, 2.05) is 0 Å². The summed E-state index contributed by atoms with van der Waals surface area (Å²) in [5, 5.41) is 4.88. The van der Waals surface area contributed by atoms with E-state index in [0.717, 1.165) is 0 Å². The molecular weight excluding hydrogens is 384 g/mol. The normalized spacial score (nSPS) is 19.5. The fourth-order valence-electron chi connectivity index (χ4n) is 3.39. The number of rotatable bonds is 3. The summed E-state index contributed by atoms with van der Waals surface area (Å²) >= 11 is 0. The predicted molar refractivity (Wildman–Crippen MR) is 101 cm³/mol. The first kappa shape index (κ1) is 20.3. The zero-order valence-electron chi connectivity index (χ0n) is 16.0. The van der Waals surface area contributed by atoms with Gasteiger partial charge in [0.1, 0.15) is 5.54 Å². The van der Waals surface area contributed by atoms with Gasteiger partial charge in [-0.15, -0.1) is 0 Å². The Morgan fingerprint density at radius 2 is 1.68 bits per heavy atom. The number of nitrogens with zero attached hydrogens (tertiary/aromatic N) is 1. The van der Waals surface area contributed by atoms with Crippen LogP contribution in [-0.2, 0) is 14.8 Å². The molecule has 1 spiro atoms. The molecule has 0 aromatic heterocycles. The summed E-state index contributed by atoms with van der Waals surface area (Å²) in [6.45, 7) is 5.88. The highest BCUT2D eigenvalue weighted by molar-refractivity contribution is 7.89. The van der Waals surface area contributed by atoms with E-state index in [2.05, 4.69) is 15.4 Å². The van der Waals surface area contributed by atoms with Gasteiger partial charge in [0.05, 0.1) is 4.90 Å². The minimum Gasteiger partial charge on any atom is -0.338 e. The molecular formula is C18H24N4O5S. The lowest BCUT2D eigenvalue weighted by Gasteiger charge is -2.37. The van der Waals surface area contributed by atoms with Gasteiger partial charge < -0.3 is 10.2 Å². The number of sulfonamides is 1. The molecule has 2 saturated heterocycles. The summed E-state index contributed by atoms with van der Waals surface area (Å²) in [7, 11) is -3.67. The van der Waals surface area contributed by atoms with Crippen molar-refractivity contribution in [1.29, 1.82) is 0 Å². The van der Waals surface area contributed by atoms with Crippen LogP contribution < -0.4 is 15.4 Å². The molecule has 10 heteroatoms. The van der Waals surface area contributed by atoms with E-state index in [0.29, 0.717) is 31.5 Å². The van der Waals surface area contributed by atoms with Gasteiger partial charge >= 0.3 is 6.03 Å². The van der Waals surface area contributed by atoms with Gasteiger partial charge in [-0.05, 0) is 57.9 Å². The molecule has 0 bridgehead atoms. The van der Waals surface area contributed by atoms with E-state index in [1.165, 1.54) is 24.3 Å². The highest BCUT2D eigenvalue weighted by Crippen LogP contribution is 2.26. The van der Waals surface area contributed by atoms with Gasteiger partial charge in [0.15, 0.2) is 0 Å². The molecule has 0 radical (unpaired) electrons. The molecule has 0 atom stereocenters. The Bertz CT molecular complexity index is 910. The van der Waals surface area contributed by atoms with E-state index in [-0.39, 0.29) is 16.7 Å². The van der Waals surface area contributed by atoms with Crippen LogP contribution in [0.2, 0.25) is 0 Å². The highest BCUT2D eigenvalue weighted by Gasteiger charge is 2.48. The zero-order valence-corrected chi connectivity index (χ0v) is 16.9. The van der Waals surface area contributed by atoms with Gasteiger partial charge in [-0.1, -0.05) is 0 Å². The maximum absolute atomic E-state index is 12.7. The predicted octanol–water partition coefficient (Wildman–Crippen LogP) is 0.578. The first-order chi connectivity index (χ1) is 12.9. The number of urea groups is 1. The molecule has 2 aliphatic heterocycles. The standard InChI is InChI=1S/C18H24N4O5S/c1-17(2,3)21-28(26,27)13-6-4-12(5-7-13)14(23)22-10-8-18(9-11-22)15(24)19-16(25)20-18/h4-7,21H,8-11H2,1-3H3,(H2,19,20,24,25). The van der Waals surface area contributed by atoms with Crippen molar-refractivity contribution >= 4 is 27.9 Å². The van der Waals surface area contributed by atoms with E-state index in [9.17, 15) is 22.8 Å². The molecule has 0 unspecified atom stereocenters. The molecule has 2 fully saturated rings. The van der Waals surface area contributed by atoms with Crippen LogP contribution in [-0.4, -0.2) is 55.3 Å². The average molecular weight is 408 g/mol. The first-order valence-corrected chi connectivity index (χ1v) is 10.5. The van der Waals surface area contributed by atoms with Crippen LogP contribution in [0.3, 0.4) is 0 Å². The lowest BCUT2D eigenvalue weighted by atomic mass is 9.87. The second kappa shape index (κ2) is 6.85. The number of likely N-dealkylation sites (tertiary alicyclic amines) is 1. The third-order valence-electron chi connectivity index (χ3n) is 4.77. The average Bonchev–Trinajstić information content (AvgIpc) is 2.86. The summed E-state index contributed by atoms with van der Waals surface area (Å²) in [6, 6.07) is 5.25. The van der Waals surface area contributed by atoms with Gasteiger partial charge in [0, 0.05) is 24.2 Å². The van der Waals surface area contributed by atoms with Crippen LogP contribution in [0.5, 0.6) is 0 Å². The fourth-order valence-corrected chi connectivity index (χ4v) is 4.81. The topological polar surface area (TPSA) is 125 Å². The number of amides is 4. The van der Waals surface area contributed by atoms with Gasteiger partial charge in [-0.2, -0.15) is 0 Å². The van der Waals surface area contributed by atoms with Crippen LogP contribution in [0, 0.1) is 0 Å². The van der Waals surface area contributed by atoms with E-state index >= 15 is 0 Å². The summed E-state index contributed by atoms with van der Waals surface area (Å²) < 4.78 is 27.3. The van der Waals surface area contributed by atoms with Crippen LogP contribution in [0.25, 0.3) is 0 Å². The first-order valence-electron chi connectivity index (χ1n) is 8.99. The second-order valence-electron chi connectivity index (χ2n) is 8.16. The van der Waals surface area contributed by atoms with Gasteiger partial charge in [-0.3, -0.25) is 14.9 Å². The minimum absolute atomic E-state index is 0.0851. The Hall–Kier alpha value is -2.46. The Labute approximate surface area is 163 Å². The molecule has 0 aliphatic carbocycles. The van der Waals surface area contributed by atoms with Crippen molar-refractivity contribution in [2.45, 2.75) is 49.6 Å². The molecule has 3 rings (SSSR count). The van der Waals surface area contributed by atoms with Crippen LogP contribution in [0.1, 0.15) is 44.0 Å². The third kappa shape index (κ3) is 4.02. The molecule has 4 amide bonds. The molecule has 1 aromatic carbocycles. The van der Waals surface area contributed by atoms with Crippen LogP contribution in [0.15, 0.2) is 29.2 Å². The minimum atomic E-state index is -3.67. The SMILES string of the molecule is CC(C)(C)NS(=O)(=O)c1ccc(C(=O)N2CCC3(CC2)NC(=O)NC3=O)cc1. The fraction of sp³-hybridized carbons (Fsp3) is 0.500. The maximum Gasteiger partial charge on any atom is 0.322 e. The Balaban J connectivity index is 1.68. The summed E-state index contributed by atoms with van der Waals surface area (Å²) in [5.74, 6) is -0.599. The Morgan fingerprint density at radius 1 is 1.11 bits per heavy atom. The number of piperidine rings is 1. The largest absolute Gasteiger partial charge is 0.338 e. The van der Waals surface area contributed by atoms with Crippen molar-refractivity contribution in [2.75, 3.05) is 13.1 Å². The summed E-state index contributed by atoms with van der Waals surface area (Å²) in [5.41, 5.74) is -1.19. The van der Waals surface area contributed by atoms with Crippen molar-refractivity contribution < 1.29 is 22.8 Å². The van der Waals surface area contributed by atoms with Crippen molar-refractivity contribution in [3.05, 3.63) is 29.8 Å². The lowest BCUT2D eigenvalue weighted by molar-refractivity contribution is -0.125. The van der Waals surface area contributed by atoms with Crippen molar-refractivity contribution in [3.8, 4) is 0 Å².